The van der Waals surface area contributed by atoms with Crippen molar-refractivity contribution in [2.75, 3.05) is 13.7 Å². The van der Waals surface area contributed by atoms with Gasteiger partial charge in [0, 0.05) is 0 Å². The van der Waals surface area contributed by atoms with Crippen molar-refractivity contribution >= 4 is 0 Å². The standard InChI is InChI=1S/C36H40O8/c1-39-30-19-17-29(18-20-30)24-43-35-34(42-23-28-15-9-4-10-16-28)33(41-22-27-13-7-3-8-14-27)32(44-36(35)38)31(37)25-40-21-26-11-5-2-6-12-26/h2-20,31-38H,21-25H2,1H3/t31-,32-,33-,34+,35-,36+/m1/s1. The lowest BCUT2D eigenvalue weighted by molar-refractivity contribution is -0.325. The summed E-state index contributed by atoms with van der Waals surface area (Å²) in [6.07, 6.45) is -5.94. The summed E-state index contributed by atoms with van der Waals surface area (Å²) in [7, 11) is 1.61. The lowest BCUT2D eigenvalue weighted by atomic mass is 9.94. The van der Waals surface area contributed by atoms with Crippen LogP contribution in [0.2, 0.25) is 0 Å². The molecule has 1 aliphatic rings. The Morgan fingerprint density at radius 2 is 1.05 bits per heavy atom. The van der Waals surface area contributed by atoms with Crippen LogP contribution < -0.4 is 4.74 Å². The molecule has 0 saturated carbocycles. The summed E-state index contributed by atoms with van der Waals surface area (Å²) in [5, 5.41) is 22.6. The van der Waals surface area contributed by atoms with Crippen LogP contribution in [0.25, 0.3) is 0 Å². The van der Waals surface area contributed by atoms with Gasteiger partial charge in [0.15, 0.2) is 6.29 Å². The third-order valence-corrected chi connectivity index (χ3v) is 7.50. The molecule has 44 heavy (non-hydrogen) atoms. The fourth-order valence-corrected chi connectivity index (χ4v) is 5.13. The van der Waals surface area contributed by atoms with Gasteiger partial charge in [0.2, 0.25) is 0 Å². The van der Waals surface area contributed by atoms with Crippen molar-refractivity contribution in [3.8, 4) is 5.75 Å². The Morgan fingerprint density at radius 1 is 0.591 bits per heavy atom. The third-order valence-electron chi connectivity index (χ3n) is 7.50. The first-order valence-electron chi connectivity index (χ1n) is 14.8. The van der Waals surface area contributed by atoms with E-state index >= 15 is 0 Å². The molecule has 0 bridgehead atoms. The molecule has 1 saturated heterocycles. The molecular formula is C36H40O8. The lowest BCUT2D eigenvalue weighted by Crippen LogP contribution is -2.63. The Bertz CT molecular complexity index is 1350. The fraction of sp³-hybridized carbons (Fsp3) is 0.333. The van der Waals surface area contributed by atoms with Crippen LogP contribution in [-0.4, -0.2) is 60.7 Å². The Balaban J connectivity index is 1.36. The van der Waals surface area contributed by atoms with Gasteiger partial charge in [0.1, 0.15) is 36.3 Å². The Hall–Kier alpha value is -3.60. The fourth-order valence-electron chi connectivity index (χ4n) is 5.13. The minimum absolute atomic E-state index is 0.0275. The molecule has 1 fully saturated rings. The Morgan fingerprint density at radius 3 is 1.57 bits per heavy atom. The minimum Gasteiger partial charge on any atom is -0.497 e. The number of aliphatic hydroxyl groups is 2. The summed E-state index contributed by atoms with van der Waals surface area (Å²) in [6.45, 7) is 0.984. The van der Waals surface area contributed by atoms with Crippen LogP contribution in [0, 0.1) is 0 Å². The molecule has 0 amide bonds. The predicted molar refractivity (Wildman–Crippen MR) is 165 cm³/mol. The molecule has 4 aromatic carbocycles. The number of rotatable bonds is 15. The summed E-state index contributed by atoms with van der Waals surface area (Å²) in [5.41, 5.74) is 3.77. The minimum atomic E-state index is -1.39. The largest absolute Gasteiger partial charge is 0.497 e. The molecule has 8 nitrogen and oxygen atoms in total. The normalized spacial score (nSPS) is 22.4. The molecule has 4 aromatic rings. The third kappa shape index (κ3) is 8.97. The summed E-state index contributed by atoms with van der Waals surface area (Å²) < 4.78 is 36.4. The van der Waals surface area contributed by atoms with Crippen LogP contribution in [0.15, 0.2) is 115 Å². The lowest BCUT2D eigenvalue weighted by Gasteiger charge is -2.45. The van der Waals surface area contributed by atoms with E-state index in [4.69, 9.17) is 28.4 Å². The number of benzene rings is 4. The van der Waals surface area contributed by atoms with Gasteiger partial charge in [-0.05, 0) is 34.4 Å². The summed E-state index contributed by atoms with van der Waals surface area (Å²) in [4.78, 5) is 0. The molecule has 0 aromatic heterocycles. The second kappa shape index (κ2) is 16.5. The monoisotopic (exact) mass is 600 g/mol. The highest BCUT2D eigenvalue weighted by Gasteiger charge is 2.50. The van der Waals surface area contributed by atoms with Crippen LogP contribution in [0.4, 0.5) is 0 Å². The number of aliphatic hydroxyl groups excluding tert-OH is 2. The van der Waals surface area contributed by atoms with E-state index in [2.05, 4.69) is 0 Å². The van der Waals surface area contributed by atoms with Crippen LogP contribution in [0.1, 0.15) is 22.3 Å². The van der Waals surface area contributed by atoms with E-state index in [1.807, 2.05) is 115 Å². The molecule has 2 N–H and O–H groups in total. The smallest absolute Gasteiger partial charge is 0.184 e. The SMILES string of the molecule is COc1ccc(CO[C@@H]2[C@@H](OCc3ccccc3)[C@H](OCc3ccccc3)[C@@H]([C@H](O)COCc3ccccc3)O[C@@H]2O)cc1. The van der Waals surface area contributed by atoms with Gasteiger partial charge in [-0.25, -0.2) is 0 Å². The Kier molecular flexibility index (Phi) is 11.9. The van der Waals surface area contributed by atoms with E-state index in [1.54, 1.807) is 7.11 Å². The summed E-state index contributed by atoms with van der Waals surface area (Å²) in [6, 6.07) is 36.7. The number of hydrogen-bond donors (Lipinski definition) is 2. The van der Waals surface area contributed by atoms with Crippen molar-refractivity contribution < 1.29 is 38.6 Å². The number of methoxy groups -OCH3 is 1. The van der Waals surface area contributed by atoms with E-state index in [9.17, 15) is 10.2 Å². The maximum atomic E-state index is 11.3. The van der Waals surface area contributed by atoms with Gasteiger partial charge in [-0.1, -0.05) is 103 Å². The first-order valence-corrected chi connectivity index (χ1v) is 14.8. The molecule has 5 rings (SSSR count). The van der Waals surface area contributed by atoms with Crippen LogP contribution >= 0.6 is 0 Å². The first-order chi connectivity index (χ1) is 21.6. The summed E-state index contributed by atoms with van der Waals surface area (Å²) in [5.74, 6) is 0.736. The highest BCUT2D eigenvalue weighted by atomic mass is 16.7. The van der Waals surface area contributed by atoms with Gasteiger partial charge >= 0.3 is 0 Å². The summed E-state index contributed by atoms with van der Waals surface area (Å²) >= 11 is 0. The molecule has 1 heterocycles. The average molecular weight is 601 g/mol. The van der Waals surface area contributed by atoms with Crippen LogP contribution in [-0.2, 0) is 50.1 Å². The number of hydrogen-bond acceptors (Lipinski definition) is 8. The van der Waals surface area contributed by atoms with E-state index < -0.39 is 36.8 Å². The molecule has 0 radical (unpaired) electrons. The molecular weight excluding hydrogens is 560 g/mol. The van der Waals surface area contributed by atoms with Crippen molar-refractivity contribution in [3.63, 3.8) is 0 Å². The van der Waals surface area contributed by atoms with Gasteiger partial charge in [-0.15, -0.1) is 0 Å². The van der Waals surface area contributed by atoms with E-state index in [1.165, 1.54) is 0 Å². The van der Waals surface area contributed by atoms with Crippen LogP contribution in [0.3, 0.4) is 0 Å². The average Bonchev–Trinajstić information content (AvgIpc) is 3.07. The molecule has 6 atom stereocenters. The maximum absolute atomic E-state index is 11.3. The molecule has 0 spiro atoms. The van der Waals surface area contributed by atoms with Crippen molar-refractivity contribution in [3.05, 3.63) is 138 Å². The van der Waals surface area contributed by atoms with Gasteiger partial charge in [0.25, 0.3) is 0 Å². The van der Waals surface area contributed by atoms with Crippen molar-refractivity contribution in [2.24, 2.45) is 0 Å². The number of ether oxygens (including phenoxy) is 6. The molecule has 0 aliphatic carbocycles. The van der Waals surface area contributed by atoms with Gasteiger partial charge < -0.3 is 38.6 Å². The molecule has 232 valence electrons. The van der Waals surface area contributed by atoms with Gasteiger partial charge in [-0.2, -0.15) is 0 Å². The van der Waals surface area contributed by atoms with E-state index in [-0.39, 0.29) is 26.4 Å². The highest BCUT2D eigenvalue weighted by molar-refractivity contribution is 5.26. The second-order valence-electron chi connectivity index (χ2n) is 10.7. The van der Waals surface area contributed by atoms with Crippen LogP contribution in [0.5, 0.6) is 5.75 Å². The van der Waals surface area contributed by atoms with Gasteiger partial charge in [-0.3, -0.25) is 0 Å². The highest BCUT2D eigenvalue weighted by Crippen LogP contribution is 2.31. The zero-order valence-corrected chi connectivity index (χ0v) is 24.8. The Labute approximate surface area is 258 Å². The van der Waals surface area contributed by atoms with Gasteiger partial charge in [0.05, 0.1) is 40.1 Å². The van der Waals surface area contributed by atoms with Crippen molar-refractivity contribution in [1.29, 1.82) is 0 Å². The zero-order valence-electron chi connectivity index (χ0n) is 24.8. The van der Waals surface area contributed by atoms with E-state index in [0.717, 1.165) is 28.0 Å². The first kappa shape index (κ1) is 31.8. The van der Waals surface area contributed by atoms with Crippen molar-refractivity contribution in [1.82, 2.24) is 0 Å². The quantitative estimate of drug-likeness (QED) is 0.196. The van der Waals surface area contributed by atoms with E-state index in [0.29, 0.717) is 6.61 Å². The maximum Gasteiger partial charge on any atom is 0.184 e. The molecule has 1 aliphatic heterocycles. The van der Waals surface area contributed by atoms with Crippen molar-refractivity contribution in [2.45, 2.75) is 63.2 Å². The molecule has 0 unspecified atom stereocenters. The topological polar surface area (TPSA) is 95.8 Å². The molecule has 8 heteroatoms. The zero-order chi connectivity index (χ0) is 30.6. The predicted octanol–water partition coefficient (Wildman–Crippen LogP) is 5.05. The second-order valence-corrected chi connectivity index (χ2v) is 10.7.